The Kier molecular flexibility index (Phi) is 4.78. The summed E-state index contributed by atoms with van der Waals surface area (Å²) in [5.41, 5.74) is 1.21. The first-order valence-corrected chi connectivity index (χ1v) is 8.14. The number of H-pyrrole nitrogens is 1. The molecular formula is C15H18Cl2N2O3. The van der Waals surface area contributed by atoms with Crippen LogP contribution in [0.1, 0.15) is 31.5 Å². The van der Waals surface area contributed by atoms with E-state index in [-0.39, 0.29) is 18.6 Å². The van der Waals surface area contributed by atoms with E-state index >= 15 is 0 Å². The van der Waals surface area contributed by atoms with Gasteiger partial charge in [0.2, 0.25) is 0 Å². The molecule has 1 aliphatic carbocycles. The van der Waals surface area contributed by atoms with Gasteiger partial charge in [0.05, 0.1) is 23.3 Å². The van der Waals surface area contributed by atoms with Crippen molar-refractivity contribution in [3.8, 4) is 5.75 Å². The highest BCUT2D eigenvalue weighted by atomic mass is 35.5. The largest absolute Gasteiger partial charge is 0.489 e. The molecule has 7 heteroatoms. The summed E-state index contributed by atoms with van der Waals surface area (Å²) in [4.78, 5) is 7.25. The lowest BCUT2D eigenvalue weighted by Gasteiger charge is -2.27. The van der Waals surface area contributed by atoms with E-state index in [9.17, 15) is 10.2 Å². The SMILES string of the molecule is OCc1nc2c(OCC3CCCC[C@@H]3O)c(Cl)c(Cl)cc2[nH]1. The van der Waals surface area contributed by atoms with E-state index in [4.69, 9.17) is 27.9 Å². The minimum absolute atomic E-state index is 0.0927. The first-order chi connectivity index (χ1) is 10.6. The van der Waals surface area contributed by atoms with Gasteiger partial charge < -0.3 is 19.9 Å². The smallest absolute Gasteiger partial charge is 0.167 e. The molecule has 1 aromatic carbocycles. The zero-order valence-electron chi connectivity index (χ0n) is 12.0. The number of hydrogen-bond donors (Lipinski definition) is 3. The van der Waals surface area contributed by atoms with Crippen LogP contribution in [0.2, 0.25) is 10.0 Å². The van der Waals surface area contributed by atoms with Crippen LogP contribution in [0.15, 0.2) is 6.07 Å². The van der Waals surface area contributed by atoms with Crippen molar-refractivity contribution >= 4 is 34.2 Å². The Balaban J connectivity index is 1.88. The van der Waals surface area contributed by atoms with Crippen LogP contribution in [0.25, 0.3) is 11.0 Å². The zero-order chi connectivity index (χ0) is 15.7. The Morgan fingerprint density at radius 2 is 2.09 bits per heavy atom. The summed E-state index contributed by atoms with van der Waals surface area (Å²) in [6, 6.07) is 1.66. The molecule has 2 atom stereocenters. The first kappa shape index (κ1) is 15.9. The average molecular weight is 345 g/mol. The number of halogens is 2. The van der Waals surface area contributed by atoms with Crippen molar-refractivity contribution in [2.75, 3.05) is 6.61 Å². The van der Waals surface area contributed by atoms with Gasteiger partial charge in [0, 0.05) is 5.92 Å². The van der Waals surface area contributed by atoms with Crippen molar-refractivity contribution < 1.29 is 14.9 Å². The summed E-state index contributed by atoms with van der Waals surface area (Å²) in [6.45, 7) is 0.169. The average Bonchev–Trinajstić information content (AvgIpc) is 2.92. The van der Waals surface area contributed by atoms with Gasteiger partial charge in [-0.2, -0.15) is 0 Å². The Morgan fingerprint density at radius 3 is 2.82 bits per heavy atom. The molecule has 3 N–H and O–H groups in total. The van der Waals surface area contributed by atoms with Gasteiger partial charge in [-0.1, -0.05) is 36.0 Å². The van der Waals surface area contributed by atoms with E-state index < -0.39 is 0 Å². The molecule has 3 rings (SSSR count). The van der Waals surface area contributed by atoms with Gasteiger partial charge in [-0.05, 0) is 18.9 Å². The second-order valence-corrected chi connectivity index (χ2v) is 6.45. The molecule has 0 aliphatic heterocycles. The summed E-state index contributed by atoms with van der Waals surface area (Å²) in [6.07, 6.45) is 3.56. The highest BCUT2D eigenvalue weighted by Crippen LogP contribution is 2.39. The highest BCUT2D eigenvalue weighted by Gasteiger charge is 2.25. The van der Waals surface area contributed by atoms with Crippen LogP contribution < -0.4 is 4.74 Å². The van der Waals surface area contributed by atoms with Crippen molar-refractivity contribution in [3.63, 3.8) is 0 Å². The second kappa shape index (κ2) is 6.62. The molecule has 1 aliphatic rings. The molecule has 5 nitrogen and oxygen atoms in total. The van der Waals surface area contributed by atoms with E-state index in [1.807, 2.05) is 0 Å². The van der Waals surface area contributed by atoms with E-state index in [0.29, 0.717) is 39.3 Å². The summed E-state index contributed by atoms with van der Waals surface area (Å²) in [5, 5.41) is 19.9. The molecule has 120 valence electrons. The van der Waals surface area contributed by atoms with Crippen molar-refractivity contribution in [2.24, 2.45) is 5.92 Å². The molecule has 22 heavy (non-hydrogen) atoms. The van der Waals surface area contributed by atoms with Gasteiger partial charge >= 0.3 is 0 Å². The topological polar surface area (TPSA) is 78.4 Å². The normalized spacial score (nSPS) is 22.2. The summed E-state index contributed by atoms with van der Waals surface area (Å²) in [5.74, 6) is 0.920. The van der Waals surface area contributed by atoms with Crippen molar-refractivity contribution in [2.45, 2.75) is 38.4 Å². The number of aromatic nitrogens is 2. The number of fused-ring (bicyclic) bond motifs is 1. The van der Waals surface area contributed by atoms with Gasteiger partial charge in [0.25, 0.3) is 0 Å². The number of nitrogens with zero attached hydrogens (tertiary/aromatic N) is 1. The summed E-state index contributed by atoms with van der Waals surface area (Å²) < 4.78 is 5.86. The van der Waals surface area contributed by atoms with E-state index in [2.05, 4.69) is 9.97 Å². The first-order valence-electron chi connectivity index (χ1n) is 7.38. The monoisotopic (exact) mass is 344 g/mol. The fraction of sp³-hybridized carbons (Fsp3) is 0.533. The minimum Gasteiger partial charge on any atom is -0.489 e. The lowest BCUT2D eigenvalue weighted by molar-refractivity contribution is 0.0425. The van der Waals surface area contributed by atoms with Crippen molar-refractivity contribution in [3.05, 3.63) is 21.9 Å². The number of benzene rings is 1. The maximum atomic E-state index is 10.0. The molecule has 2 aromatic rings. The van der Waals surface area contributed by atoms with E-state index in [1.165, 1.54) is 0 Å². The number of rotatable bonds is 4. The molecule has 0 saturated heterocycles. The number of imidazole rings is 1. The minimum atomic E-state index is -0.339. The Bertz CT molecular complexity index is 674. The van der Waals surface area contributed by atoms with Gasteiger partial charge in [-0.25, -0.2) is 4.98 Å². The maximum absolute atomic E-state index is 10.0. The molecule has 0 amide bonds. The second-order valence-electron chi connectivity index (χ2n) is 5.66. The van der Waals surface area contributed by atoms with Crippen LogP contribution in [0.4, 0.5) is 0 Å². The molecule has 0 spiro atoms. The third-order valence-corrected chi connectivity index (χ3v) is 4.91. The van der Waals surface area contributed by atoms with Gasteiger partial charge in [0.1, 0.15) is 23.0 Å². The Morgan fingerprint density at radius 1 is 1.32 bits per heavy atom. The quantitative estimate of drug-likeness (QED) is 0.795. The van der Waals surface area contributed by atoms with E-state index in [0.717, 1.165) is 25.7 Å². The summed E-state index contributed by atoms with van der Waals surface area (Å²) >= 11 is 12.4. The molecule has 1 saturated carbocycles. The lowest BCUT2D eigenvalue weighted by atomic mass is 9.87. The van der Waals surface area contributed by atoms with E-state index in [1.54, 1.807) is 6.07 Å². The number of hydrogen-bond acceptors (Lipinski definition) is 4. The van der Waals surface area contributed by atoms with Crippen molar-refractivity contribution in [1.82, 2.24) is 9.97 Å². The fourth-order valence-corrected chi connectivity index (χ4v) is 3.29. The number of aromatic amines is 1. The lowest BCUT2D eigenvalue weighted by Crippen LogP contribution is -2.29. The van der Waals surface area contributed by atoms with Crippen LogP contribution in [-0.4, -0.2) is 32.9 Å². The van der Waals surface area contributed by atoms with Crippen molar-refractivity contribution in [1.29, 1.82) is 0 Å². The van der Waals surface area contributed by atoms with Crippen LogP contribution in [0.5, 0.6) is 5.75 Å². The number of nitrogens with one attached hydrogen (secondary N) is 1. The molecule has 1 unspecified atom stereocenters. The highest BCUT2D eigenvalue weighted by molar-refractivity contribution is 6.44. The molecule has 0 radical (unpaired) electrons. The van der Waals surface area contributed by atoms with Crippen LogP contribution in [0, 0.1) is 5.92 Å². The zero-order valence-corrected chi connectivity index (χ0v) is 13.5. The third-order valence-electron chi connectivity index (χ3n) is 4.14. The third kappa shape index (κ3) is 3.04. The van der Waals surface area contributed by atoms with Gasteiger partial charge in [-0.3, -0.25) is 0 Å². The number of ether oxygens (including phenoxy) is 1. The maximum Gasteiger partial charge on any atom is 0.167 e. The number of aliphatic hydroxyl groups excluding tert-OH is 2. The Hall–Kier alpha value is -1.01. The van der Waals surface area contributed by atoms with Gasteiger partial charge in [-0.15, -0.1) is 0 Å². The van der Waals surface area contributed by atoms with Crippen LogP contribution in [-0.2, 0) is 6.61 Å². The molecule has 1 aromatic heterocycles. The molecule has 0 bridgehead atoms. The predicted molar refractivity (Wildman–Crippen MR) is 85.5 cm³/mol. The predicted octanol–water partition coefficient (Wildman–Crippen LogP) is 3.29. The molecule has 1 heterocycles. The fourth-order valence-electron chi connectivity index (χ4n) is 2.90. The standard InChI is InChI=1S/C15H18Cl2N2O3/c16-9-5-10-14(19-12(6-20)18-10)15(13(9)17)22-7-8-3-1-2-4-11(8)21/h5,8,11,20-21H,1-4,6-7H2,(H,18,19)/t8?,11-/m0/s1. The Labute approximate surface area is 138 Å². The van der Waals surface area contributed by atoms with Crippen LogP contribution in [0.3, 0.4) is 0 Å². The molecular weight excluding hydrogens is 327 g/mol. The molecule has 1 fully saturated rings. The van der Waals surface area contributed by atoms with Gasteiger partial charge in [0.15, 0.2) is 5.75 Å². The summed E-state index contributed by atoms with van der Waals surface area (Å²) in [7, 11) is 0. The van der Waals surface area contributed by atoms with Crippen LogP contribution >= 0.6 is 23.2 Å². The number of aliphatic hydroxyl groups is 2.